The molecule has 1 N–H and O–H groups in total. The molecule has 0 fully saturated rings. The molecular weight excluding hydrogens is 476 g/mol. The van der Waals surface area contributed by atoms with Crippen LogP contribution in [0, 0.1) is 13.0 Å². The molecular formula is C32H39OSiTi. The van der Waals surface area contributed by atoms with Gasteiger partial charge in [-0.25, -0.2) is 11.3 Å². The molecule has 0 aromatic heterocycles. The molecule has 4 rings (SSSR count). The van der Waals surface area contributed by atoms with Gasteiger partial charge in [-0.1, -0.05) is 46.5 Å². The third-order valence-electron chi connectivity index (χ3n) is 5.56. The molecule has 0 bridgehead atoms. The molecule has 0 saturated carbocycles. The van der Waals surface area contributed by atoms with E-state index in [-0.39, 0.29) is 5.41 Å². The van der Waals surface area contributed by atoms with Gasteiger partial charge in [0.2, 0.25) is 0 Å². The molecule has 1 aliphatic rings. The van der Waals surface area contributed by atoms with Gasteiger partial charge in [-0.2, -0.15) is 6.08 Å². The fourth-order valence-corrected chi connectivity index (χ4v) is 5.26. The van der Waals surface area contributed by atoms with E-state index in [2.05, 4.69) is 133 Å². The van der Waals surface area contributed by atoms with Crippen molar-refractivity contribution in [2.24, 2.45) is 0 Å². The molecule has 0 unspecified atom stereocenters. The average Bonchev–Trinajstić information content (AvgIpc) is 3.35. The van der Waals surface area contributed by atoms with E-state index in [1.165, 1.54) is 25.7 Å². The predicted molar refractivity (Wildman–Crippen MR) is 151 cm³/mol. The van der Waals surface area contributed by atoms with Crippen molar-refractivity contribution in [1.82, 2.24) is 0 Å². The third-order valence-corrected chi connectivity index (χ3v) is 8.42. The number of hydrogen-bond donors (Lipinski definition) is 1. The van der Waals surface area contributed by atoms with Crippen molar-refractivity contribution in [2.45, 2.75) is 59.2 Å². The second-order valence-electron chi connectivity index (χ2n) is 10.9. The number of allylic oxidation sites excluding steroid dienone is 4. The van der Waals surface area contributed by atoms with Gasteiger partial charge < -0.3 is 5.11 Å². The van der Waals surface area contributed by atoms with Crippen LogP contribution >= 0.6 is 0 Å². The zero-order chi connectivity index (χ0) is 26.1. The maximum absolute atomic E-state index is 9.36. The standard InChI is InChI=1S/C13H10.C11H16O.C8H13Si.Ti/c1-3-7-12(8-4-1)11-13-9-5-2-6-10-13;1-8-5-9(11(2,3)4)7-10(12)6-8;1-9(2,3)8-6-4-5-7-8;/h1-10H;5-7,12H,1-4H3;4,6H,5H2,1-3H3;/q;;-1;+1. The number of benzene rings is 3. The van der Waals surface area contributed by atoms with Crippen molar-refractivity contribution in [2.75, 3.05) is 0 Å². The summed E-state index contributed by atoms with van der Waals surface area (Å²) in [6, 6.07) is 26.6. The molecule has 3 aromatic carbocycles. The fourth-order valence-electron chi connectivity index (χ4n) is 3.49. The Balaban J connectivity index is 0.000000190. The average molecular weight is 516 g/mol. The van der Waals surface area contributed by atoms with Gasteiger partial charge in [0.05, 0.1) is 0 Å². The van der Waals surface area contributed by atoms with Crippen LogP contribution in [0.2, 0.25) is 19.6 Å². The Labute approximate surface area is 225 Å². The van der Waals surface area contributed by atoms with E-state index in [0.29, 0.717) is 5.75 Å². The summed E-state index contributed by atoms with van der Waals surface area (Å²) in [5.41, 5.74) is 4.99. The van der Waals surface area contributed by atoms with E-state index >= 15 is 0 Å². The summed E-state index contributed by atoms with van der Waals surface area (Å²) < 4.78 is 1.33. The van der Waals surface area contributed by atoms with Gasteiger partial charge >= 0.3 is 95.6 Å². The second-order valence-corrected chi connectivity index (χ2v) is 16.7. The SMILES string of the molecule is C[Si](C)(C)C1=[C-]CC=C1.Cc1cc(O)cc(C(C)(C)C)c1.[Ti+]=[C](c1ccccc1)c1ccccc1. The number of hydrogen-bond acceptors (Lipinski definition) is 1. The molecule has 3 heteroatoms. The predicted octanol–water partition coefficient (Wildman–Crippen LogP) is 8.35. The molecule has 0 spiro atoms. The van der Waals surface area contributed by atoms with Crippen LogP contribution in [0.25, 0.3) is 0 Å². The summed E-state index contributed by atoms with van der Waals surface area (Å²) >= 11 is 2.16. The van der Waals surface area contributed by atoms with Crippen LogP contribution in [0.5, 0.6) is 5.75 Å². The van der Waals surface area contributed by atoms with E-state index < -0.39 is 8.07 Å². The van der Waals surface area contributed by atoms with Crippen LogP contribution in [0.4, 0.5) is 0 Å². The first-order valence-corrected chi connectivity index (χ1v) is 16.4. The van der Waals surface area contributed by atoms with E-state index in [1.54, 1.807) is 6.07 Å². The Bertz CT molecular complexity index is 1090. The zero-order valence-electron chi connectivity index (χ0n) is 22.3. The van der Waals surface area contributed by atoms with Gasteiger partial charge in [0.25, 0.3) is 0 Å². The van der Waals surface area contributed by atoms with Crippen molar-refractivity contribution < 1.29 is 25.1 Å². The summed E-state index contributed by atoms with van der Waals surface area (Å²) in [7, 11) is -1.01. The molecule has 0 atom stereocenters. The quantitative estimate of drug-likeness (QED) is 0.275. The van der Waals surface area contributed by atoms with Crippen molar-refractivity contribution in [3.05, 3.63) is 125 Å². The van der Waals surface area contributed by atoms with Crippen molar-refractivity contribution in [1.29, 1.82) is 0 Å². The zero-order valence-corrected chi connectivity index (χ0v) is 24.9. The van der Waals surface area contributed by atoms with Crippen molar-refractivity contribution in [3.63, 3.8) is 0 Å². The number of phenols is 1. The van der Waals surface area contributed by atoms with Gasteiger partial charge in [0, 0.05) is 8.07 Å². The van der Waals surface area contributed by atoms with Crippen LogP contribution in [0.15, 0.2) is 96.2 Å². The summed E-state index contributed by atoms with van der Waals surface area (Å²) in [6.45, 7) is 15.5. The van der Waals surface area contributed by atoms with Crippen LogP contribution in [-0.4, -0.2) is 17.0 Å². The fraction of sp³-hybridized carbons (Fsp3) is 0.281. The Kier molecular flexibility index (Phi) is 10.9. The second kappa shape index (κ2) is 13.2. The van der Waals surface area contributed by atoms with Crippen molar-refractivity contribution >= 4 is 11.9 Å². The minimum atomic E-state index is -1.01. The Hall–Kier alpha value is -2.26. The Morgan fingerprint density at radius 2 is 1.37 bits per heavy atom. The minimum absolute atomic E-state index is 0.115. The summed E-state index contributed by atoms with van der Waals surface area (Å²) in [4.78, 5) is 0. The summed E-state index contributed by atoms with van der Waals surface area (Å²) in [6.07, 6.45) is 8.82. The first kappa shape index (κ1) is 29.0. The Morgan fingerprint density at radius 1 is 0.857 bits per heavy atom. The van der Waals surface area contributed by atoms with E-state index in [9.17, 15) is 5.11 Å². The van der Waals surface area contributed by atoms with Gasteiger partial charge in [0.1, 0.15) is 5.75 Å². The van der Waals surface area contributed by atoms with Crippen LogP contribution < -0.4 is 0 Å². The number of rotatable bonds is 3. The molecule has 0 heterocycles. The molecule has 0 amide bonds. The maximum atomic E-state index is 9.36. The number of aryl methyl sites for hydroxylation is 1. The van der Waals surface area contributed by atoms with E-state index in [1.807, 2.05) is 25.1 Å². The van der Waals surface area contributed by atoms with E-state index in [4.69, 9.17) is 0 Å². The molecule has 0 saturated heterocycles. The van der Waals surface area contributed by atoms with Gasteiger partial charge in [-0.3, -0.25) is 6.08 Å². The number of phenolic OH excluding ortho intramolecular Hbond substituents is 1. The van der Waals surface area contributed by atoms with Crippen LogP contribution in [-0.2, 0) is 25.4 Å². The van der Waals surface area contributed by atoms with E-state index in [0.717, 1.165) is 12.0 Å². The van der Waals surface area contributed by atoms with Crippen LogP contribution in [0.3, 0.4) is 0 Å². The van der Waals surface area contributed by atoms with Crippen LogP contribution in [0.1, 0.15) is 49.4 Å². The van der Waals surface area contributed by atoms with Gasteiger partial charge in [0.15, 0.2) is 0 Å². The molecule has 1 nitrogen and oxygen atoms in total. The van der Waals surface area contributed by atoms with Gasteiger partial charge in [-0.05, 0) is 35.6 Å². The molecule has 181 valence electrons. The monoisotopic (exact) mass is 515 g/mol. The summed E-state index contributed by atoms with van der Waals surface area (Å²) in [5.74, 6) is 0.361. The first-order chi connectivity index (χ1) is 16.4. The topological polar surface area (TPSA) is 20.2 Å². The van der Waals surface area contributed by atoms with Crippen molar-refractivity contribution in [3.8, 4) is 5.75 Å². The molecule has 1 aliphatic carbocycles. The molecule has 3 aromatic rings. The normalized spacial score (nSPS) is 12.7. The number of aromatic hydroxyl groups is 1. The molecule has 35 heavy (non-hydrogen) atoms. The molecule has 0 radical (unpaired) electrons. The first-order valence-electron chi connectivity index (χ1n) is 12.2. The van der Waals surface area contributed by atoms with Gasteiger partial charge in [-0.15, -0.1) is 6.42 Å². The summed E-state index contributed by atoms with van der Waals surface area (Å²) in [5, 5.41) is 10.8. The Morgan fingerprint density at radius 3 is 1.71 bits per heavy atom. The molecule has 0 aliphatic heterocycles. The third kappa shape index (κ3) is 10.1.